The average Bonchev–Trinajstić information content (AvgIpc) is 3.30. The summed E-state index contributed by atoms with van der Waals surface area (Å²) in [5.41, 5.74) is 0.884. The summed E-state index contributed by atoms with van der Waals surface area (Å²) in [4.78, 5) is 42.6. The van der Waals surface area contributed by atoms with E-state index in [0.717, 1.165) is 23.3 Å². The minimum Gasteiger partial charge on any atom is -0.335 e. The van der Waals surface area contributed by atoms with Gasteiger partial charge in [0.15, 0.2) is 5.16 Å². The predicted molar refractivity (Wildman–Crippen MR) is 99.4 cm³/mol. The normalized spacial score (nSPS) is 13.9. The molecule has 0 radical (unpaired) electrons. The van der Waals surface area contributed by atoms with Gasteiger partial charge in [-0.05, 0) is 39.2 Å². The first-order chi connectivity index (χ1) is 11.9. The maximum Gasteiger partial charge on any atom is 0.321 e. The zero-order chi connectivity index (χ0) is 18.1. The second kappa shape index (κ2) is 7.17. The van der Waals surface area contributed by atoms with Gasteiger partial charge in [-0.3, -0.25) is 19.5 Å². The van der Waals surface area contributed by atoms with E-state index in [1.807, 2.05) is 20.8 Å². The van der Waals surface area contributed by atoms with Gasteiger partial charge in [0.2, 0.25) is 5.91 Å². The first-order valence-corrected chi connectivity index (χ1v) is 9.94. The Morgan fingerprint density at radius 3 is 2.72 bits per heavy atom. The molecule has 7 nitrogen and oxygen atoms in total. The monoisotopic (exact) mass is 380 g/mol. The molecule has 0 saturated heterocycles. The molecule has 1 aliphatic rings. The van der Waals surface area contributed by atoms with Gasteiger partial charge in [0.05, 0.1) is 11.1 Å². The van der Waals surface area contributed by atoms with Gasteiger partial charge in [-0.2, -0.15) is 0 Å². The lowest BCUT2D eigenvalue weighted by atomic mass is 10.2. The fourth-order valence-corrected chi connectivity index (χ4v) is 4.37. The summed E-state index contributed by atoms with van der Waals surface area (Å²) < 4.78 is 1.57. The van der Waals surface area contributed by atoms with Gasteiger partial charge in [0.1, 0.15) is 4.83 Å². The van der Waals surface area contributed by atoms with E-state index >= 15 is 0 Å². The van der Waals surface area contributed by atoms with Crippen LogP contribution in [0.4, 0.5) is 4.79 Å². The number of nitrogens with one attached hydrogen (secondary N) is 2. The van der Waals surface area contributed by atoms with Crippen LogP contribution in [-0.2, 0) is 11.3 Å². The molecule has 3 rings (SSSR count). The van der Waals surface area contributed by atoms with E-state index in [-0.39, 0.29) is 17.4 Å². The molecule has 0 atom stereocenters. The van der Waals surface area contributed by atoms with Gasteiger partial charge < -0.3 is 5.32 Å². The van der Waals surface area contributed by atoms with Crippen molar-refractivity contribution in [3.63, 3.8) is 0 Å². The molecule has 3 amide bonds. The van der Waals surface area contributed by atoms with Crippen LogP contribution in [0.25, 0.3) is 10.2 Å². The van der Waals surface area contributed by atoms with E-state index in [9.17, 15) is 14.4 Å². The van der Waals surface area contributed by atoms with Crippen molar-refractivity contribution in [1.29, 1.82) is 0 Å². The number of carbonyl (C=O) groups excluding carboxylic acids is 2. The molecule has 1 aliphatic carbocycles. The Kier molecular flexibility index (Phi) is 5.14. The molecule has 0 unspecified atom stereocenters. The van der Waals surface area contributed by atoms with Crippen molar-refractivity contribution >= 4 is 45.3 Å². The van der Waals surface area contributed by atoms with E-state index in [2.05, 4.69) is 15.6 Å². The van der Waals surface area contributed by atoms with Crippen LogP contribution < -0.4 is 16.2 Å². The number of rotatable bonds is 5. The number of hydrogen-bond donors (Lipinski definition) is 2. The summed E-state index contributed by atoms with van der Waals surface area (Å²) in [7, 11) is 0. The summed E-state index contributed by atoms with van der Waals surface area (Å²) in [6.45, 7) is 6.24. The highest BCUT2D eigenvalue weighted by Crippen LogP contribution is 2.28. The molecule has 1 saturated carbocycles. The lowest BCUT2D eigenvalue weighted by Gasteiger charge is -2.10. The second-order valence-electron chi connectivity index (χ2n) is 5.99. The number of hydrogen-bond acceptors (Lipinski definition) is 6. The van der Waals surface area contributed by atoms with Crippen molar-refractivity contribution in [2.45, 2.75) is 51.4 Å². The predicted octanol–water partition coefficient (Wildman–Crippen LogP) is 2.18. The van der Waals surface area contributed by atoms with Gasteiger partial charge >= 0.3 is 6.03 Å². The number of urea groups is 1. The van der Waals surface area contributed by atoms with E-state index in [1.54, 1.807) is 4.57 Å². The summed E-state index contributed by atoms with van der Waals surface area (Å²) >= 11 is 2.65. The van der Waals surface area contributed by atoms with Gasteiger partial charge in [0, 0.05) is 17.5 Å². The van der Waals surface area contributed by atoms with E-state index in [4.69, 9.17) is 0 Å². The fraction of sp³-hybridized carbons (Fsp3) is 0.500. The lowest BCUT2D eigenvalue weighted by Crippen LogP contribution is -2.41. The summed E-state index contributed by atoms with van der Waals surface area (Å²) in [6, 6.07) is -0.269. The van der Waals surface area contributed by atoms with Crippen molar-refractivity contribution in [2.75, 3.05) is 5.75 Å². The van der Waals surface area contributed by atoms with Crippen molar-refractivity contribution in [1.82, 2.24) is 20.2 Å². The molecule has 2 aromatic rings. The van der Waals surface area contributed by atoms with Crippen molar-refractivity contribution in [2.24, 2.45) is 0 Å². The molecule has 0 aliphatic heterocycles. The van der Waals surface area contributed by atoms with Crippen molar-refractivity contribution in [3.05, 3.63) is 20.8 Å². The lowest BCUT2D eigenvalue weighted by molar-refractivity contribution is -0.117. The highest BCUT2D eigenvalue weighted by Gasteiger charge is 2.24. The number of nitrogens with zero attached hydrogens (tertiary/aromatic N) is 2. The maximum absolute atomic E-state index is 12.7. The number of fused-ring (bicyclic) bond motifs is 1. The Labute approximate surface area is 153 Å². The molecule has 0 bridgehead atoms. The second-order valence-corrected chi connectivity index (χ2v) is 8.14. The molecule has 25 heavy (non-hydrogen) atoms. The Balaban J connectivity index is 1.75. The number of thiophene rings is 1. The molecule has 0 spiro atoms. The molecular formula is C16H20N4O3S2. The smallest absolute Gasteiger partial charge is 0.321 e. The minimum absolute atomic E-state index is 0.0272. The van der Waals surface area contributed by atoms with Crippen LogP contribution in [0.1, 0.15) is 30.2 Å². The molecule has 2 N–H and O–H groups in total. The third-order valence-corrected chi connectivity index (χ3v) is 6.15. The number of aromatic nitrogens is 2. The SMILES string of the molecule is CCn1c(SCC(=O)NC(=O)NC2CC2)nc2sc(C)c(C)c2c1=O. The Hall–Kier alpha value is -1.87. The third kappa shape index (κ3) is 3.87. The summed E-state index contributed by atoms with van der Waals surface area (Å²) in [5, 5.41) is 6.15. The number of amides is 3. The highest BCUT2D eigenvalue weighted by atomic mass is 32.2. The van der Waals surface area contributed by atoms with Gasteiger partial charge in [-0.1, -0.05) is 11.8 Å². The zero-order valence-corrected chi connectivity index (χ0v) is 16.0. The topological polar surface area (TPSA) is 93.1 Å². The summed E-state index contributed by atoms with van der Waals surface area (Å²) in [6.07, 6.45) is 1.92. The van der Waals surface area contributed by atoms with Crippen LogP contribution in [0.5, 0.6) is 0 Å². The van der Waals surface area contributed by atoms with Crippen LogP contribution in [-0.4, -0.2) is 33.3 Å². The summed E-state index contributed by atoms with van der Waals surface area (Å²) in [5.74, 6) is -0.377. The molecule has 2 heterocycles. The molecular weight excluding hydrogens is 360 g/mol. The van der Waals surface area contributed by atoms with Crippen molar-refractivity contribution < 1.29 is 9.59 Å². The zero-order valence-electron chi connectivity index (χ0n) is 14.3. The maximum atomic E-state index is 12.7. The molecule has 9 heteroatoms. The average molecular weight is 380 g/mol. The van der Waals surface area contributed by atoms with Crippen molar-refractivity contribution in [3.8, 4) is 0 Å². The number of carbonyl (C=O) groups is 2. The third-order valence-electron chi connectivity index (χ3n) is 4.07. The van der Waals surface area contributed by atoms with Gasteiger partial charge in [0.25, 0.3) is 5.56 Å². The Morgan fingerprint density at radius 2 is 2.08 bits per heavy atom. The quantitative estimate of drug-likeness (QED) is 0.613. The molecule has 0 aromatic carbocycles. The number of thioether (sulfide) groups is 1. The van der Waals surface area contributed by atoms with E-state index < -0.39 is 11.9 Å². The number of imide groups is 1. The largest absolute Gasteiger partial charge is 0.335 e. The van der Waals surface area contributed by atoms with Gasteiger partial charge in [-0.25, -0.2) is 9.78 Å². The van der Waals surface area contributed by atoms with Gasteiger partial charge in [-0.15, -0.1) is 11.3 Å². The molecule has 1 fully saturated rings. The van der Waals surface area contributed by atoms with E-state index in [0.29, 0.717) is 21.9 Å². The highest BCUT2D eigenvalue weighted by molar-refractivity contribution is 7.99. The van der Waals surface area contributed by atoms with Crippen LogP contribution in [0.2, 0.25) is 0 Å². The first-order valence-electron chi connectivity index (χ1n) is 8.14. The fourth-order valence-electron chi connectivity index (χ4n) is 2.44. The van der Waals surface area contributed by atoms with Crippen LogP contribution >= 0.6 is 23.1 Å². The molecule has 134 valence electrons. The van der Waals surface area contributed by atoms with Crippen LogP contribution in [0.3, 0.4) is 0 Å². The minimum atomic E-state index is -0.464. The number of aryl methyl sites for hydroxylation is 2. The Bertz CT molecular complexity index is 899. The van der Waals surface area contributed by atoms with E-state index in [1.165, 1.54) is 23.1 Å². The Morgan fingerprint density at radius 1 is 1.36 bits per heavy atom. The first kappa shape index (κ1) is 17.9. The standard InChI is InChI=1S/C16H20N4O3S2/c1-4-20-14(22)12-8(2)9(3)25-13(12)19-16(20)24-7-11(21)18-15(23)17-10-5-6-10/h10H,4-7H2,1-3H3,(H2,17,18,21,23). The molecule has 2 aromatic heterocycles. The van der Waals surface area contributed by atoms with Crippen LogP contribution in [0, 0.1) is 13.8 Å². The van der Waals surface area contributed by atoms with Crippen LogP contribution in [0.15, 0.2) is 9.95 Å².